The maximum Gasteiger partial charge on any atom is 0.102 e. The fraction of sp³-hybridized carbons (Fsp3) is 0.600. The molecule has 0 aromatic carbocycles. The third-order valence-electron chi connectivity index (χ3n) is 4.40. The van der Waals surface area contributed by atoms with Gasteiger partial charge in [0.25, 0.3) is 0 Å². The van der Waals surface area contributed by atoms with Crippen LogP contribution in [0.3, 0.4) is 0 Å². The van der Waals surface area contributed by atoms with Gasteiger partial charge in [-0.15, -0.1) is 0 Å². The number of aromatic nitrogens is 4. The molecule has 3 rings (SSSR count). The minimum Gasteiger partial charge on any atom is -0.384 e. The lowest BCUT2D eigenvalue weighted by atomic mass is 9.91. The summed E-state index contributed by atoms with van der Waals surface area (Å²) in [6, 6.07) is 0.269. The van der Waals surface area contributed by atoms with Gasteiger partial charge in [0.15, 0.2) is 0 Å². The van der Waals surface area contributed by atoms with Gasteiger partial charge < -0.3 is 10.4 Å². The van der Waals surface area contributed by atoms with Crippen LogP contribution in [0.4, 0.5) is 0 Å². The zero-order chi connectivity index (χ0) is 15.0. The van der Waals surface area contributed by atoms with Gasteiger partial charge in [-0.1, -0.05) is 0 Å². The van der Waals surface area contributed by atoms with E-state index in [0.717, 1.165) is 24.8 Å². The molecule has 2 aromatic rings. The van der Waals surface area contributed by atoms with E-state index in [1.54, 1.807) is 10.9 Å². The van der Waals surface area contributed by atoms with E-state index in [1.165, 1.54) is 11.3 Å². The van der Waals surface area contributed by atoms with Crippen LogP contribution in [0.2, 0.25) is 0 Å². The van der Waals surface area contributed by atoms with Crippen molar-refractivity contribution in [1.29, 1.82) is 0 Å². The van der Waals surface area contributed by atoms with E-state index in [2.05, 4.69) is 15.5 Å². The molecule has 0 spiro atoms. The summed E-state index contributed by atoms with van der Waals surface area (Å²) in [4.78, 5) is 0. The third kappa shape index (κ3) is 2.73. The van der Waals surface area contributed by atoms with Crippen LogP contribution in [0.15, 0.2) is 18.6 Å². The summed E-state index contributed by atoms with van der Waals surface area (Å²) in [7, 11) is 3.85. The topological polar surface area (TPSA) is 67.9 Å². The SMILES string of the molecule is Cn1cc(C(C)(O)CNC2CCCc3c2cnn3C)cn1. The molecule has 1 aliphatic rings. The van der Waals surface area contributed by atoms with Crippen LogP contribution >= 0.6 is 0 Å². The quantitative estimate of drug-likeness (QED) is 0.882. The number of rotatable bonds is 4. The molecule has 0 aliphatic heterocycles. The fourth-order valence-corrected chi connectivity index (χ4v) is 3.04. The first-order valence-electron chi connectivity index (χ1n) is 7.43. The summed E-state index contributed by atoms with van der Waals surface area (Å²) in [6.45, 7) is 2.32. The van der Waals surface area contributed by atoms with Crippen LogP contribution in [0.5, 0.6) is 0 Å². The first-order chi connectivity index (χ1) is 9.97. The molecule has 114 valence electrons. The molecule has 0 saturated heterocycles. The van der Waals surface area contributed by atoms with Crippen LogP contribution in [0, 0.1) is 0 Å². The second-order valence-corrected chi connectivity index (χ2v) is 6.17. The molecule has 0 saturated carbocycles. The Hall–Kier alpha value is -1.66. The van der Waals surface area contributed by atoms with Crippen molar-refractivity contribution in [3.05, 3.63) is 35.4 Å². The smallest absolute Gasteiger partial charge is 0.102 e. The Morgan fingerprint density at radius 3 is 2.90 bits per heavy atom. The van der Waals surface area contributed by atoms with Gasteiger partial charge in [-0.05, 0) is 26.2 Å². The van der Waals surface area contributed by atoms with E-state index in [4.69, 9.17) is 0 Å². The lowest BCUT2D eigenvalue weighted by molar-refractivity contribution is 0.0530. The summed E-state index contributed by atoms with van der Waals surface area (Å²) >= 11 is 0. The number of fused-ring (bicyclic) bond motifs is 1. The number of aryl methyl sites for hydroxylation is 2. The lowest BCUT2D eigenvalue weighted by Crippen LogP contribution is -2.38. The molecule has 0 bridgehead atoms. The zero-order valence-electron chi connectivity index (χ0n) is 12.9. The molecule has 2 aromatic heterocycles. The van der Waals surface area contributed by atoms with Crippen molar-refractivity contribution in [3.8, 4) is 0 Å². The highest BCUT2D eigenvalue weighted by molar-refractivity contribution is 5.25. The number of aliphatic hydroxyl groups is 1. The van der Waals surface area contributed by atoms with Crippen molar-refractivity contribution in [2.45, 2.75) is 37.8 Å². The van der Waals surface area contributed by atoms with Crippen molar-refractivity contribution in [1.82, 2.24) is 24.9 Å². The largest absolute Gasteiger partial charge is 0.384 e. The predicted octanol–water partition coefficient (Wildman–Crippen LogP) is 1.03. The summed E-state index contributed by atoms with van der Waals surface area (Å²) in [6.07, 6.45) is 8.85. The van der Waals surface area contributed by atoms with E-state index in [9.17, 15) is 5.11 Å². The first kappa shape index (κ1) is 14.3. The Balaban J connectivity index is 1.71. The summed E-state index contributed by atoms with van der Waals surface area (Å²) in [5.74, 6) is 0. The molecule has 6 nitrogen and oxygen atoms in total. The van der Waals surface area contributed by atoms with Crippen molar-refractivity contribution < 1.29 is 5.11 Å². The van der Waals surface area contributed by atoms with Crippen molar-refractivity contribution in [2.75, 3.05) is 6.54 Å². The van der Waals surface area contributed by atoms with Crippen LogP contribution in [0.1, 0.15) is 42.6 Å². The number of hydrogen-bond acceptors (Lipinski definition) is 4. The Morgan fingerprint density at radius 1 is 1.38 bits per heavy atom. The van der Waals surface area contributed by atoms with Crippen molar-refractivity contribution in [2.24, 2.45) is 14.1 Å². The average Bonchev–Trinajstić information content (AvgIpc) is 3.04. The minimum absolute atomic E-state index is 0.269. The van der Waals surface area contributed by atoms with Crippen LogP contribution in [-0.2, 0) is 26.1 Å². The standard InChI is InChI=1S/C15H23N5O/c1-15(21,11-7-17-19(2)9-11)10-16-13-5-4-6-14-12(13)8-18-20(14)3/h7-9,13,16,21H,4-6,10H2,1-3H3. The maximum absolute atomic E-state index is 10.6. The number of hydrogen-bond donors (Lipinski definition) is 2. The van der Waals surface area contributed by atoms with Gasteiger partial charge in [0.1, 0.15) is 5.60 Å². The van der Waals surface area contributed by atoms with Gasteiger partial charge >= 0.3 is 0 Å². The molecule has 2 atom stereocenters. The van der Waals surface area contributed by atoms with Crippen LogP contribution < -0.4 is 5.32 Å². The van der Waals surface area contributed by atoms with Gasteiger partial charge in [-0.2, -0.15) is 10.2 Å². The second-order valence-electron chi connectivity index (χ2n) is 6.17. The Kier molecular flexibility index (Phi) is 3.59. The van der Waals surface area contributed by atoms with E-state index in [-0.39, 0.29) is 6.04 Å². The Bertz CT molecular complexity index is 628. The molecule has 2 unspecified atom stereocenters. The van der Waals surface area contributed by atoms with E-state index < -0.39 is 5.60 Å². The highest BCUT2D eigenvalue weighted by Gasteiger charge is 2.28. The van der Waals surface area contributed by atoms with Gasteiger partial charge in [-0.3, -0.25) is 9.36 Å². The van der Waals surface area contributed by atoms with Crippen LogP contribution in [0.25, 0.3) is 0 Å². The predicted molar refractivity (Wildman–Crippen MR) is 79.7 cm³/mol. The third-order valence-corrected chi connectivity index (χ3v) is 4.40. The fourth-order valence-electron chi connectivity index (χ4n) is 3.04. The minimum atomic E-state index is -0.923. The highest BCUT2D eigenvalue weighted by atomic mass is 16.3. The molecule has 1 aliphatic carbocycles. The van der Waals surface area contributed by atoms with Gasteiger partial charge in [0.05, 0.1) is 12.4 Å². The monoisotopic (exact) mass is 289 g/mol. The normalized spacial score (nSPS) is 21.0. The number of nitrogens with one attached hydrogen (secondary N) is 1. The summed E-state index contributed by atoms with van der Waals surface area (Å²) in [5, 5.41) is 22.6. The molecule has 0 radical (unpaired) electrons. The number of nitrogens with zero attached hydrogens (tertiary/aromatic N) is 4. The van der Waals surface area contributed by atoms with Crippen LogP contribution in [-0.4, -0.2) is 31.2 Å². The molecule has 6 heteroatoms. The van der Waals surface area contributed by atoms with Gasteiger partial charge in [0, 0.05) is 49.7 Å². The molecule has 2 N–H and O–H groups in total. The molecule has 0 fully saturated rings. The van der Waals surface area contributed by atoms with Gasteiger partial charge in [0.2, 0.25) is 0 Å². The van der Waals surface area contributed by atoms with E-state index in [0.29, 0.717) is 6.54 Å². The van der Waals surface area contributed by atoms with E-state index in [1.807, 2.05) is 38.1 Å². The first-order valence-corrected chi connectivity index (χ1v) is 7.43. The molecular weight excluding hydrogens is 266 g/mol. The van der Waals surface area contributed by atoms with Crippen molar-refractivity contribution >= 4 is 0 Å². The Morgan fingerprint density at radius 2 is 2.19 bits per heavy atom. The Labute approximate surface area is 124 Å². The van der Waals surface area contributed by atoms with E-state index >= 15 is 0 Å². The maximum atomic E-state index is 10.6. The van der Waals surface area contributed by atoms with Crippen molar-refractivity contribution in [3.63, 3.8) is 0 Å². The highest BCUT2D eigenvalue weighted by Crippen LogP contribution is 2.30. The second kappa shape index (κ2) is 5.27. The van der Waals surface area contributed by atoms with Gasteiger partial charge in [-0.25, -0.2) is 0 Å². The zero-order valence-corrected chi connectivity index (χ0v) is 12.9. The molecule has 2 heterocycles. The molecular formula is C15H23N5O. The molecule has 0 amide bonds. The summed E-state index contributed by atoms with van der Waals surface area (Å²) < 4.78 is 3.67. The lowest BCUT2D eigenvalue weighted by Gasteiger charge is -2.29. The summed E-state index contributed by atoms with van der Waals surface area (Å²) in [5.41, 5.74) is 2.49. The average molecular weight is 289 g/mol. The molecule has 21 heavy (non-hydrogen) atoms.